The largest absolute Gasteiger partial charge is 0.481 e. The van der Waals surface area contributed by atoms with E-state index in [0.717, 1.165) is 0 Å². The highest BCUT2D eigenvalue weighted by Gasteiger charge is 2.74. The molecule has 0 bridgehead atoms. The molecule has 4 saturated carbocycles. The maximum atomic E-state index is 14.1. The Morgan fingerprint density at radius 3 is 2.19 bits per heavy atom. The van der Waals surface area contributed by atoms with Crippen molar-refractivity contribution in [3.05, 3.63) is 0 Å². The fourth-order valence-corrected chi connectivity index (χ4v) is 9.64. The number of hydrogen-bond acceptors (Lipinski definition) is 6. The molecule has 4 rings (SSSR count). The number of aliphatic carboxylic acids is 1. The van der Waals surface area contributed by atoms with E-state index >= 15 is 0 Å². The maximum absolute atomic E-state index is 14.1. The topological polar surface area (TPSA) is 126 Å². The van der Waals surface area contributed by atoms with Gasteiger partial charge < -0.3 is 10.2 Å². The molecule has 0 radical (unpaired) electrons. The maximum Gasteiger partial charge on any atom is 0.306 e. The highest BCUT2D eigenvalue weighted by molar-refractivity contribution is 5.96. The predicted molar refractivity (Wildman–Crippen MR) is 136 cm³/mol. The Hall–Kier alpha value is -1.89. The van der Waals surface area contributed by atoms with Crippen LogP contribution in [0.2, 0.25) is 0 Å². The molecule has 0 aromatic carbocycles. The van der Waals surface area contributed by atoms with Crippen LogP contribution in [0.1, 0.15) is 93.4 Å². The van der Waals surface area contributed by atoms with Crippen LogP contribution in [-0.2, 0) is 24.0 Å². The van der Waals surface area contributed by atoms with Crippen molar-refractivity contribution in [2.75, 3.05) is 0 Å². The summed E-state index contributed by atoms with van der Waals surface area (Å²) in [5, 5.41) is 20.8. The predicted octanol–water partition coefficient (Wildman–Crippen LogP) is 4.28. The lowest BCUT2D eigenvalue weighted by molar-refractivity contribution is -0.199. The SMILES string of the molecule is CC(CC(=O)C[C@@H](C)[C@H]1C[C@H](O)[C@@]2(C)[C@@H]3C(=O)C[C@H]4C(C)(C)C(=O)CC[C@]4(C)[C@H]3C(=O)C[C@]12C)C(=O)O. The summed E-state index contributed by atoms with van der Waals surface area (Å²) in [7, 11) is 0. The standard InChI is InChI=1S/C30H44O7/c1-15(10-17(31)11-16(2)26(36)37)18-12-23(35)30(7)25-19(32)13-21-27(3,4)22(34)8-9-28(21,5)24(25)20(33)14-29(18,30)6/h15-16,18,21,23-25,35H,8-14H2,1-7H3,(H,36,37)/t15-,16?,18-,21+,23+,24+,25-,28+,29-,30+/m1/s1. The molecule has 1 unspecified atom stereocenters. The Morgan fingerprint density at radius 1 is 0.973 bits per heavy atom. The molecule has 10 atom stereocenters. The molecule has 4 fully saturated rings. The van der Waals surface area contributed by atoms with Gasteiger partial charge in [0.2, 0.25) is 0 Å². The first-order valence-corrected chi connectivity index (χ1v) is 13.9. The van der Waals surface area contributed by atoms with Crippen LogP contribution in [0, 0.1) is 57.2 Å². The Kier molecular flexibility index (Phi) is 6.71. The van der Waals surface area contributed by atoms with Crippen LogP contribution in [0.15, 0.2) is 0 Å². The molecule has 4 aliphatic rings. The molecule has 0 heterocycles. The quantitative estimate of drug-likeness (QED) is 0.540. The van der Waals surface area contributed by atoms with Gasteiger partial charge in [-0.15, -0.1) is 0 Å². The zero-order valence-corrected chi connectivity index (χ0v) is 23.4. The fourth-order valence-electron chi connectivity index (χ4n) is 9.64. The van der Waals surface area contributed by atoms with Crippen LogP contribution in [-0.4, -0.2) is 45.4 Å². The summed E-state index contributed by atoms with van der Waals surface area (Å²) in [5.74, 6) is -3.36. The minimum Gasteiger partial charge on any atom is -0.481 e. The van der Waals surface area contributed by atoms with Crippen molar-refractivity contribution in [3.63, 3.8) is 0 Å². The Bertz CT molecular complexity index is 1040. The van der Waals surface area contributed by atoms with Gasteiger partial charge in [-0.3, -0.25) is 24.0 Å². The zero-order chi connectivity index (χ0) is 27.9. The number of ketones is 4. The smallest absolute Gasteiger partial charge is 0.306 e. The van der Waals surface area contributed by atoms with Gasteiger partial charge in [-0.25, -0.2) is 0 Å². The van der Waals surface area contributed by atoms with E-state index in [1.54, 1.807) is 0 Å². The first kappa shape index (κ1) is 28.1. The van der Waals surface area contributed by atoms with Crippen molar-refractivity contribution in [1.82, 2.24) is 0 Å². The third-order valence-electron chi connectivity index (χ3n) is 12.0. The second-order valence-corrected chi connectivity index (χ2v) is 14.2. The summed E-state index contributed by atoms with van der Waals surface area (Å²) in [5.41, 5.74) is -2.64. The summed E-state index contributed by atoms with van der Waals surface area (Å²) in [4.78, 5) is 64.8. The average Bonchev–Trinajstić information content (AvgIpc) is 2.99. The molecule has 0 spiro atoms. The van der Waals surface area contributed by atoms with Crippen LogP contribution in [0.5, 0.6) is 0 Å². The molecule has 7 nitrogen and oxygen atoms in total. The van der Waals surface area contributed by atoms with Crippen molar-refractivity contribution in [2.24, 2.45) is 57.2 Å². The molecular weight excluding hydrogens is 472 g/mol. The average molecular weight is 517 g/mol. The van der Waals surface area contributed by atoms with Crippen LogP contribution in [0.3, 0.4) is 0 Å². The van der Waals surface area contributed by atoms with E-state index < -0.39 is 51.5 Å². The van der Waals surface area contributed by atoms with Gasteiger partial charge in [-0.2, -0.15) is 0 Å². The van der Waals surface area contributed by atoms with E-state index in [4.69, 9.17) is 0 Å². The first-order chi connectivity index (χ1) is 16.9. The van der Waals surface area contributed by atoms with Gasteiger partial charge in [0.1, 0.15) is 23.1 Å². The number of Topliss-reactive ketones (excluding diaryl/α,β-unsaturated/α-hetero) is 4. The lowest BCUT2D eigenvalue weighted by Gasteiger charge is -2.65. The molecule has 7 heteroatoms. The summed E-state index contributed by atoms with van der Waals surface area (Å²) in [6.45, 7) is 13.4. The molecule has 206 valence electrons. The van der Waals surface area contributed by atoms with Gasteiger partial charge in [-0.1, -0.05) is 48.5 Å². The molecule has 0 aromatic heterocycles. The summed E-state index contributed by atoms with van der Waals surface area (Å²) >= 11 is 0. The molecule has 4 aliphatic carbocycles. The molecule has 0 saturated heterocycles. The Morgan fingerprint density at radius 2 is 1.59 bits per heavy atom. The zero-order valence-electron chi connectivity index (χ0n) is 23.4. The Labute approximate surface area is 220 Å². The van der Waals surface area contributed by atoms with Gasteiger partial charge in [0.05, 0.1) is 12.0 Å². The molecule has 0 aromatic rings. The van der Waals surface area contributed by atoms with E-state index in [9.17, 15) is 34.2 Å². The lowest BCUT2D eigenvalue weighted by Crippen LogP contribution is -2.68. The summed E-state index contributed by atoms with van der Waals surface area (Å²) in [6.07, 6.45) is 1.22. The van der Waals surface area contributed by atoms with E-state index in [2.05, 4.69) is 6.92 Å². The van der Waals surface area contributed by atoms with Crippen LogP contribution < -0.4 is 0 Å². The number of fused-ring (bicyclic) bond motifs is 5. The summed E-state index contributed by atoms with van der Waals surface area (Å²) in [6, 6.07) is 0. The van der Waals surface area contributed by atoms with Gasteiger partial charge in [0.15, 0.2) is 0 Å². The second-order valence-electron chi connectivity index (χ2n) is 14.2. The molecular formula is C30H44O7. The van der Waals surface area contributed by atoms with Crippen molar-refractivity contribution >= 4 is 29.1 Å². The van der Waals surface area contributed by atoms with Crippen molar-refractivity contribution < 1.29 is 34.2 Å². The van der Waals surface area contributed by atoms with Crippen LogP contribution in [0.4, 0.5) is 0 Å². The van der Waals surface area contributed by atoms with Crippen molar-refractivity contribution in [1.29, 1.82) is 0 Å². The highest BCUT2D eigenvalue weighted by Crippen LogP contribution is 2.73. The molecule has 37 heavy (non-hydrogen) atoms. The van der Waals surface area contributed by atoms with Gasteiger partial charge >= 0.3 is 5.97 Å². The van der Waals surface area contributed by atoms with Gasteiger partial charge in [0.25, 0.3) is 0 Å². The normalized spacial score (nSPS) is 44.4. The number of aliphatic hydroxyl groups is 1. The monoisotopic (exact) mass is 516 g/mol. The first-order valence-electron chi connectivity index (χ1n) is 13.9. The fraction of sp³-hybridized carbons (Fsp3) is 0.833. The number of carbonyl (C=O) groups excluding carboxylic acids is 4. The number of carboxylic acids is 1. The minimum absolute atomic E-state index is 0.0178. The van der Waals surface area contributed by atoms with E-state index in [-0.39, 0.29) is 66.6 Å². The third-order valence-corrected chi connectivity index (χ3v) is 12.0. The number of carbonyl (C=O) groups is 5. The Balaban J connectivity index is 1.68. The number of carboxylic acid groups (broad SMARTS) is 1. The molecule has 0 amide bonds. The van der Waals surface area contributed by atoms with E-state index in [0.29, 0.717) is 19.3 Å². The van der Waals surface area contributed by atoms with E-state index in [1.165, 1.54) is 6.92 Å². The second kappa shape index (κ2) is 8.82. The van der Waals surface area contributed by atoms with Crippen molar-refractivity contribution in [3.8, 4) is 0 Å². The highest BCUT2D eigenvalue weighted by atomic mass is 16.4. The van der Waals surface area contributed by atoms with Crippen LogP contribution in [0.25, 0.3) is 0 Å². The van der Waals surface area contributed by atoms with Gasteiger partial charge in [-0.05, 0) is 41.4 Å². The number of hydrogen-bond donors (Lipinski definition) is 2. The minimum atomic E-state index is -1.00. The number of aliphatic hydroxyl groups excluding tert-OH is 1. The third kappa shape index (κ3) is 3.81. The lowest BCUT2D eigenvalue weighted by atomic mass is 9.37. The van der Waals surface area contributed by atoms with E-state index in [1.807, 2.05) is 34.6 Å². The van der Waals surface area contributed by atoms with Crippen LogP contribution >= 0.6 is 0 Å². The summed E-state index contributed by atoms with van der Waals surface area (Å²) < 4.78 is 0. The van der Waals surface area contributed by atoms with Crippen molar-refractivity contribution in [2.45, 2.75) is 99.5 Å². The van der Waals surface area contributed by atoms with Gasteiger partial charge in [0, 0.05) is 54.8 Å². The molecule has 0 aliphatic heterocycles. The molecule has 2 N–H and O–H groups in total. The number of rotatable bonds is 6.